The molecule has 0 aliphatic carbocycles. The molecule has 0 saturated carbocycles. The first-order valence-corrected chi connectivity index (χ1v) is 22.1. The number of carbonyl (C=O) groups excluding carboxylic acids is 2. The molecule has 0 radical (unpaired) electrons. The highest BCUT2D eigenvalue weighted by atomic mass is 31.2. The highest BCUT2D eigenvalue weighted by Gasteiger charge is 2.21. The lowest BCUT2D eigenvalue weighted by Gasteiger charge is -2.25. The first kappa shape index (κ1) is 50.0. The minimum atomic E-state index is -4.58. The van der Waals surface area contributed by atoms with Gasteiger partial charge in [0.1, 0.15) is 13.2 Å². The van der Waals surface area contributed by atoms with E-state index in [1.165, 1.54) is 51.4 Å². The van der Waals surface area contributed by atoms with E-state index < -0.39 is 32.5 Å². The topological polar surface area (TPSA) is 128 Å². The molecule has 1 unspecified atom stereocenters. The summed E-state index contributed by atoms with van der Waals surface area (Å²) in [6.45, 7) is 4.13. The maximum absolute atomic E-state index is 12.6. The van der Waals surface area contributed by atoms with Crippen LogP contribution in [-0.4, -0.2) is 51.5 Å². The zero-order chi connectivity index (χ0) is 38.2. The Hall–Kier alpha value is -2.03. The first-order valence-electron chi connectivity index (χ1n) is 20.7. The van der Waals surface area contributed by atoms with Gasteiger partial charge >= 0.3 is 11.9 Å². The Morgan fingerprint density at radius 3 is 1.52 bits per heavy atom. The normalized spacial score (nSPS) is 13.8. The number of ether oxygens (including phenoxy) is 2. The molecule has 0 heterocycles. The first-order chi connectivity index (χ1) is 25.3. The van der Waals surface area contributed by atoms with Crippen molar-refractivity contribution in [2.75, 3.05) is 33.4 Å². The molecule has 0 amide bonds. The van der Waals surface area contributed by atoms with E-state index in [-0.39, 0.29) is 26.1 Å². The van der Waals surface area contributed by atoms with Crippen LogP contribution in [0.4, 0.5) is 0 Å². The van der Waals surface area contributed by atoms with E-state index >= 15 is 0 Å². The van der Waals surface area contributed by atoms with Gasteiger partial charge in [-0.25, -0.2) is 0 Å². The lowest BCUT2D eigenvalue weighted by molar-refractivity contribution is -0.627. The van der Waals surface area contributed by atoms with Gasteiger partial charge in [0.15, 0.2) is 6.10 Å². The Labute approximate surface area is 318 Å². The summed E-state index contributed by atoms with van der Waals surface area (Å²) in [5.41, 5.74) is 0. The molecule has 0 aliphatic rings. The average molecular weight is 754 g/mol. The number of allylic oxidation sites excluding steroid dienone is 8. The summed E-state index contributed by atoms with van der Waals surface area (Å²) in [6, 6.07) is 0. The number of phosphoric acid groups is 1. The number of unbranched alkanes of at least 4 members (excludes halogenated alkanes) is 16. The summed E-state index contributed by atoms with van der Waals surface area (Å²) in [7, 11) is -2.79. The van der Waals surface area contributed by atoms with E-state index in [9.17, 15) is 19.0 Å². The van der Waals surface area contributed by atoms with Crippen LogP contribution in [-0.2, 0) is 32.7 Å². The Morgan fingerprint density at radius 1 is 0.596 bits per heavy atom. The second kappa shape index (κ2) is 38.7. The predicted molar refractivity (Wildman–Crippen MR) is 212 cm³/mol. The molecule has 0 saturated heterocycles. The van der Waals surface area contributed by atoms with E-state index in [0.717, 1.165) is 77.0 Å². The van der Waals surface area contributed by atoms with Crippen LogP contribution < -0.4 is 10.2 Å². The van der Waals surface area contributed by atoms with Crippen molar-refractivity contribution in [3.63, 3.8) is 0 Å². The number of rotatable bonds is 38. The summed E-state index contributed by atoms with van der Waals surface area (Å²) >= 11 is 0. The smallest absolute Gasteiger partial charge is 0.306 e. The van der Waals surface area contributed by atoms with Gasteiger partial charge in [-0.3, -0.25) is 14.2 Å². The van der Waals surface area contributed by atoms with Gasteiger partial charge in [-0.1, -0.05) is 127 Å². The number of nitrogens with two attached hydrogens (primary N) is 1. The second-order valence-electron chi connectivity index (χ2n) is 13.5. The number of carbonyl (C=O) groups is 2. The predicted octanol–water partition coefficient (Wildman–Crippen LogP) is 9.76. The third kappa shape index (κ3) is 37.7. The van der Waals surface area contributed by atoms with E-state index in [4.69, 9.17) is 18.5 Å². The summed E-state index contributed by atoms with van der Waals surface area (Å²) in [5, 5.41) is 1.78. The van der Waals surface area contributed by atoms with Crippen molar-refractivity contribution < 1.29 is 42.9 Å². The molecule has 10 heteroatoms. The van der Waals surface area contributed by atoms with E-state index in [1.54, 1.807) is 12.4 Å². The van der Waals surface area contributed by atoms with Crippen LogP contribution >= 0.6 is 7.82 Å². The molecule has 0 aromatic heterocycles. The third-order valence-corrected chi connectivity index (χ3v) is 9.43. The van der Waals surface area contributed by atoms with Gasteiger partial charge in [0.2, 0.25) is 0 Å². The highest BCUT2D eigenvalue weighted by molar-refractivity contribution is 7.45. The number of phosphoric ester groups is 1. The number of hydrogen-bond acceptors (Lipinski definition) is 8. The zero-order valence-electron chi connectivity index (χ0n) is 33.3. The maximum Gasteiger partial charge on any atom is 0.306 e. The number of likely N-dealkylation sites (N-methyl/N-ethyl adjacent to an activating group) is 1. The van der Waals surface area contributed by atoms with Crippen molar-refractivity contribution in [3.8, 4) is 0 Å². The van der Waals surface area contributed by atoms with Gasteiger partial charge < -0.3 is 28.7 Å². The van der Waals surface area contributed by atoms with Gasteiger partial charge in [-0.2, -0.15) is 0 Å². The van der Waals surface area contributed by atoms with Gasteiger partial charge in [0, 0.05) is 12.8 Å². The van der Waals surface area contributed by atoms with E-state index in [1.807, 2.05) is 0 Å². The van der Waals surface area contributed by atoms with Crippen LogP contribution in [0.5, 0.6) is 0 Å². The fourth-order valence-corrected chi connectivity index (χ4v) is 6.03. The molecular formula is C42H76NO8P. The second-order valence-corrected chi connectivity index (χ2v) is 14.9. The Kier molecular flexibility index (Phi) is 37.2. The van der Waals surface area contributed by atoms with Crippen molar-refractivity contribution in [2.24, 2.45) is 0 Å². The van der Waals surface area contributed by atoms with Gasteiger partial charge in [-0.15, -0.1) is 0 Å². The minimum Gasteiger partial charge on any atom is -0.756 e. The fourth-order valence-electron chi connectivity index (χ4n) is 5.27. The lowest BCUT2D eigenvalue weighted by Crippen LogP contribution is -2.80. The quantitative estimate of drug-likeness (QED) is 0.0286. The van der Waals surface area contributed by atoms with Gasteiger partial charge in [0.05, 0.1) is 20.2 Å². The molecule has 0 spiro atoms. The molecule has 0 rings (SSSR count). The summed E-state index contributed by atoms with van der Waals surface area (Å²) in [6.07, 6.45) is 41.3. The molecule has 0 aliphatic heterocycles. The standard InChI is InChI=1S/C42H76NO8P/c1-4-6-8-10-12-14-16-18-20-22-24-26-28-30-32-34-41(44)48-38-40(39-50-52(46,47)49-37-36-43-3)51-42(45)35-33-31-29-27-25-23-21-19-17-15-13-11-9-7-5-2/h12-15,18-21,40,43H,4-11,16-17,22-39H2,1-3H3,(H,46,47)/b14-12-,15-13-,20-18-,21-19-/t40-/m1/s1. The van der Waals surface area contributed by atoms with Crippen molar-refractivity contribution in [1.29, 1.82) is 0 Å². The summed E-state index contributed by atoms with van der Waals surface area (Å²) in [5.74, 6) is -0.869. The molecule has 0 aromatic carbocycles. The van der Waals surface area contributed by atoms with Crippen LogP contribution in [0.1, 0.15) is 168 Å². The molecule has 302 valence electrons. The zero-order valence-corrected chi connectivity index (χ0v) is 34.2. The van der Waals surface area contributed by atoms with E-state index in [2.05, 4.69) is 62.5 Å². The molecule has 2 atom stereocenters. The van der Waals surface area contributed by atoms with Gasteiger partial charge in [0.25, 0.3) is 7.82 Å². The number of esters is 2. The Morgan fingerprint density at radius 2 is 1.04 bits per heavy atom. The van der Waals surface area contributed by atoms with Crippen LogP contribution in [0.3, 0.4) is 0 Å². The molecule has 2 N–H and O–H groups in total. The van der Waals surface area contributed by atoms with E-state index in [0.29, 0.717) is 19.4 Å². The third-order valence-electron chi connectivity index (χ3n) is 8.47. The van der Waals surface area contributed by atoms with Crippen LogP contribution in [0.2, 0.25) is 0 Å². The molecule has 52 heavy (non-hydrogen) atoms. The highest BCUT2D eigenvalue weighted by Crippen LogP contribution is 2.38. The summed E-state index contributed by atoms with van der Waals surface area (Å²) in [4.78, 5) is 37.1. The minimum absolute atomic E-state index is 0.0307. The van der Waals surface area contributed by atoms with Gasteiger partial charge in [-0.05, 0) is 77.0 Å². The van der Waals surface area contributed by atoms with Crippen LogP contribution in [0.25, 0.3) is 0 Å². The Bertz CT molecular complexity index is 996. The largest absolute Gasteiger partial charge is 0.756 e. The molecule has 0 aromatic rings. The van der Waals surface area contributed by atoms with Crippen LogP contribution in [0.15, 0.2) is 48.6 Å². The Balaban J connectivity index is 4.31. The monoisotopic (exact) mass is 754 g/mol. The molecular weight excluding hydrogens is 677 g/mol. The van der Waals surface area contributed by atoms with Crippen LogP contribution in [0, 0.1) is 0 Å². The van der Waals surface area contributed by atoms with Crippen molar-refractivity contribution >= 4 is 19.8 Å². The fraction of sp³-hybridized carbons (Fsp3) is 0.762. The lowest BCUT2D eigenvalue weighted by atomic mass is 10.1. The maximum atomic E-state index is 12.6. The van der Waals surface area contributed by atoms with Crippen molar-refractivity contribution in [2.45, 2.75) is 174 Å². The average Bonchev–Trinajstić information content (AvgIpc) is 3.12. The summed E-state index contributed by atoms with van der Waals surface area (Å²) < 4.78 is 32.8. The molecule has 0 fully saturated rings. The number of quaternary nitrogens is 1. The van der Waals surface area contributed by atoms with Crippen molar-refractivity contribution in [3.05, 3.63) is 48.6 Å². The molecule has 0 bridgehead atoms. The molecule has 9 nitrogen and oxygen atoms in total. The van der Waals surface area contributed by atoms with Crippen molar-refractivity contribution in [1.82, 2.24) is 0 Å². The SMILES string of the molecule is CCCCC/C=C\C/C=C\CCCCCCCC(=O)OC[C@H](COP(=O)([O-])OCC[NH2+]C)OC(=O)CCCCCCC/C=C\C/C=C\CCCCC. The number of hydrogen-bond donors (Lipinski definition) is 1.